The predicted molar refractivity (Wildman–Crippen MR) is 259 cm³/mol. The van der Waals surface area contributed by atoms with Gasteiger partial charge >= 0.3 is 0 Å². The monoisotopic (exact) mass is 820 g/mol. The lowest BCUT2D eigenvalue weighted by molar-refractivity contribution is 0.796. The van der Waals surface area contributed by atoms with Gasteiger partial charge in [0.1, 0.15) is 0 Å². The van der Waals surface area contributed by atoms with Gasteiger partial charge in [-0.3, -0.25) is 0 Å². The molecule has 1 atom stereocenters. The summed E-state index contributed by atoms with van der Waals surface area (Å²) in [5, 5.41) is -3.71. The minimum atomic E-state index is -3.08. The lowest BCUT2D eigenvalue weighted by Gasteiger charge is -2.32. The zero-order valence-corrected chi connectivity index (χ0v) is 31.1. The van der Waals surface area contributed by atoms with Crippen molar-refractivity contribution >= 4 is 32.3 Å². The zero-order valence-electron chi connectivity index (χ0n) is 68.1. The summed E-state index contributed by atoms with van der Waals surface area (Å²) in [7, 11) is 0. The minimum absolute atomic E-state index is 0.545. The van der Waals surface area contributed by atoms with Crippen LogP contribution in [0.5, 0.6) is 0 Å². The molecule has 3 aliphatic rings. The molecule has 0 amide bonds. The van der Waals surface area contributed by atoms with E-state index in [-0.39, 0.29) is 0 Å². The molecule has 0 heteroatoms. The van der Waals surface area contributed by atoms with Crippen LogP contribution in [0.15, 0.2) is 224 Å². The average Bonchev–Trinajstić information content (AvgIpc) is 1.48. The van der Waals surface area contributed by atoms with Gasteiger partial charge < -0.3 is 0 Å². The molecule has 0 aromatic heterocycles. The molecule has 14 rings (SSSR count). The first-order valence-electron chi connectivity index (χ1n) is 37.4. The van der Waals surface area contributed by atoms with Crippen LogP contribution in [0.2, 0.25) is 0 Å². The van der Waals surface area contributed by atoms with E-state index in [1.54, 1.807) is 0 Å². The molecule has 0 radical (unpaired) electrons. The van der Waals surface area contributed by atoms with Crippen molar-refractivity contribution in [1.82, 2.24) is 0 Å². The summed E-state index contributed by atoms with van der Waals surface area (Å²) >= 11 is 0. The van der Waals surface area contributed by atoms with Crippen molar-refractivity contribution in [2.75, 3.05) is 0 Å². The maximum absolute atomic E-state index is 10.5. The first kappa shape index (κ1) is 14.1. The van der Waals surface area contributed by atoms with Gasteiger partial charge in [0.05, 0.1) is 56.1 Å². The van der Waals surface area contributed by atoms with Crippen LogP contribution in [-0.2, 0) is 5.41 Å². The fourth-order valence-corrected chi connectivity index (χ4v) is 9.41. The van der Waals surface area contributed by atoms with E-state index in [0.29, 0.717) is 0 Å². The van der Waals surface area contributed by atoms with Crippen molar-refractivity contribution < 1.29 is 50.7 Å². The zero-order chi connectivity index (χ0) is 72.7. The first-order chi connectivity index (χ1) is 46.2. The van der Waals surface area contributed by atoms with E-state index >= 15 is 0 Å². The molecule has 0 heterocycles. The molecule has 0 saturated heterocycles. The third kappa shape index (κ3) is 4.36. The number of hydrogen-bond donors (Lipinski definition) is 0. The van der Waals surface area contributed by atoms with Gasteiger partial charge in [-0.25, -0.2) is 0 Å². The Morgan fingerprint density at radius 1 is 0.306 bits per heavy atom. The summed E-state index contributed by atoms with van der Waals surface area (Å²) in [4.78, 5) is 0. The highest BCUT2D eigenvalue weighted by atomic mass is 14.5. The molecule has 11 aromatic carbocycles. The van der Waals surface area contributed by atoms with Crippen molar-refractivity contribution in [3.63, 3.8) is 0 Å². The van der Waals surface area contributed by atoms with Crippen LogP contribution in [-0.4, -0.2) is 0 Å². The second kappa shape index (κ2) is 12.6. The Hall–Kier alpha value is -7.80. The highest BCUT2D eigenvalue weighted by Crippen LogP contribution is 2.65. The summed E-state index contributed by atoms with van der Waals surface area (Å²) in [6, 6.07) is -38.5. The molecule has 1 unspecified atom stereocenters. The van der Waals surface area contributed by atoms with Crippen LogP contribution in [0.1, 0.15) is 95.6 Å². The van der Waals surface area contributed by atoms with Gasteiger partial charge in [0.15, 0.2) is 0 Å². The summed E-state index contributed by atoms with van der Waals surface area (Å²) in [6.45, 7) is 0. The number of rotatable bonds is 3. The molecule has 0 nitrogen and oxygen atoms in total. The largest absolute Gasteiger partial charge is 0.0731 e. The fourth-order valence-electron chi connectivity index (χ4n) is 9.41. The molecular formula is C62H38. The van der Waals surface area contributed by atoms with Crippen LogP contribution in [0.4, 0.5) is 0 Å². The molecule has 286 valence electrons. The Balaban J connectivity index is 1.24. The minimum Gasteiger partial charge on any atom is -0.0622 e. The van der Waals surface area contributed by atoms with Gasteiger partial charge in [0, 0.05) is 5.92 Å². The van der Waals surface area contributed by atoms with Gasteiger partial charge in [-0.1, -0.05) is 211 Å². The van der Waals surface area contributed by atoms with Gasteiger partial charge in [-0.2, -0.15) is 0 Å². The molecule has 0 bridgehead atoms. The van der Waals surface area contributed by atoms with Gasteiger partial charge in [-0.05, 0) is 139 Å². The van der Waals surface area contributed by atoms with E-state index < -0.39 is 362 Å². The van der Waals surface area contributed by atoms with Crippen LogP contribution in [0.25, 0.3) is 88.0 Å². The molecule has 1 spiro atoms. The molecule has 0 fully saturated rings. The molecule has 0 N–H and O–H groups in total. The van der Waals surface area contributed by atoms with E-state index in [4.69, 9.17) is 21.9 Å². The van der Waals surface area contributed by atoms with Crippen LogP contribution >= 0.6 is 0 Å². The smallest absolute Gasteiger partial charge is 0.0622 e. The Morgan fingerprint density at radius 3 is 1.40 bits per heavy atom. The van der Waals surface area contributed by atoms with E-state index in [2.05, 4.69) is 0 Å². The fraction of sp³-hybridized carbons (Fsp3) is 0.0323. The number of benzene rings is 11. The number of fused-ring (bicyclic) bond motifs is 19. The third-order valence-corrected chi connectivity index (χ3v) is 11.8. The highest BCUT2D eigenvalue weighted by molar-refractivity contribution is 6.25. The second-order valence-electron chi connectivity index (χ2n) is 14.5. The van der Waals surface area contributed by atoms with Crippen molar-refractivity contribution in [3.8, 4) is 55.6 Å². The van der Waals surface area contributed by atoms with Crippen LogP contribution in [0, 0.1) is 0 Å². The Morgan fingerprint density at radius 2 is 0.758 bits per heavy atom. The molecule has 0 aliphatic heterocycles. The summed E-state index contributed by atoms with van der Waals surface area (Å²) < 4.78 is 349. The summed E-state index contributed by atoms with van der Waals surface area (Å²) in [5.74, 6) is -2.31. The lowest BCUT2D eigenvalue weighted by Crippen LogP contribution is -2.26. The van der Waals surface area contributed by atoms with Crippen LogP contribution in [0.3, 0.4) is 0 Å². The standard InChI is InChI=1S/C62H38/c1-2-16-38(17-3-1)59-53-28-14-25-49(52-27-15-26-51-48-24-10-13-31-58(48)62(61(51)52)56-29-11-8-22-46(56)47-23-9-12-30-57(47)62)60(53)50-35-33-40(37-55(50)59)39-32-34-45-43-20-5-4-18-41(43)42-19-6-7-21-44(42)54(45)36-39/h1-37,59H/i1D,2D,3D,4D,5D,6D,7D,8D,9D,10D,11D,12D,13D,14D,15D,16D,17D,18D,19D,20D,21D,22D,23D,24D,25D,26D,27D,28D,29D,30D,31D,32D,33D,34D,35D,36D,37D. The Labute approximate surface area is 413 Å². The Kier molecular flexibility index (Phi) is 2.87. The maximum atomic E-state index is 10.5. The van der Waals surface area contributed by atoms with Gasteiger partial charge in [-0.15, -0.1) is 0 Å². The molecule has 3 aliphatic carbocycles. The molecule has 11 aromatic rings. The third-order valence-electron chi connectivity index (χ3n) is 11.8. The molecule has 0 saturated carbocycles. The summed E-state index contributed by atoms with van der Waals surface area (Å²) in [5.41, 5.74) is -17.1. The van der Waals surface area contributed by atoms with Crippen LogP contribution < -0.4 is 0 Å². The second-order valence-corrected chi connectivity index (χ2v) is 14.5. The first-order valence-corrected chi connectivity index (χ1v) is 18.9. The Bertz CT molecular complexity index is 5720. The molecule has 62 heavy (non-hydrogen) atoms. The van der Waals surface area contributed by atoms with E-state index in [9.17, 15) is 28.8 Å². The summed E-state index contributed by atoms with van der Waals surface area (Å²) in [6.07, 6.45) is 0. The van der Waals surface area contributed by atoms with Gasteiger partial charge in [0.25, 0.3) is 0 Å². The van der Waals surface area contributed by atoms with Crippen molar-refractivity contribution in [2.45, 2.75) is 11.3 Å². The van der Waals surface area contributed by atoms with E-state index in [1.807, 2.05) is 0 Å². The van der Waals surface area contributed by atoms with Crippen molar-refractivity contribution in [3.05, 3.63) is 263 Å². The predicted octanol–water partition coefficient (Wildman–Crippen LogP) is 16.0. The van der Waals surface area contributed by atoms with Crippen molar-refractivity contribution in [1.29, 1.82) is 0 Å². The number of hydrogen-bond acceptors (Lipinski definition) is 0. The quantitative estimate of drug-likeness (QED) is 0.156. The van der Waals surface area contributed by atoms with Crippen molar-refractivity contribution in [2.24, 2.45) is 0 Å². The van der Waals surface area contributed by atoms with E-state index in [1.165, 1.54) is 0 Å². The normalized spacial score (nSPS) is 23.1. The lowest BCUT2D eigenvalue weighted by atomic mass is 9.68. The highest BCUT2D eigenvalue weighted by Gasteiger charge is 2.53. The topological polar surface area (TPSA) is 0 Å². The molecular weight excluding hydrogens is 745 g/mol. The average molecular weight is 820 g/mol. The van der Waals surface area contributed by atoms with E-state index in [0.717, 1.165) is 0 Å². The SMILES string of the molecule is [2H]c1c([2H])c([2H])c(C2c3c([2H])c(-c4c([2H])c([2H])c5c6c([2H])c([2H])c([2H])c([2H])c6c6c([2H])c([2H])c([2H])c([2H])c6c5c4[2H])c([2H])c([2H])c3-c3c(-c4c([2H])c([2H])c([2H])c5c4C4(c6c([2H])c([2H])c([2H])c([2H])c6-c6c([2H])c([2H])c([2H])c([2H])c64)c4c([2H])c([2H])c([2H])c([2H])c4-5)c([2H])c([2H])c([2H])c32)c([2H])c1[2H]. The van der Waals surface area contributed by atoms with Gasteiger partial charge in [0.2, 0.25) is 0 Å². The maximum Gasteiger partial charge on any atom is 0.0731 e.